The smallest absolute Gasteiger partial charge is 0.282 e. The molecule has 0 radical (unpaired) electrons. The molecule has 1 aliphatic heterocycles. The zero-order valence-electron chi connectivity index (χ0n) is 19.0. The number of carbonyl (C=O) groups excluding carboxylic acids is 2. The van der Waals surface area contributed by atoms with Crippen molar-refractivity contribution in [3.05, 3.63) is 95.4 Å². The molecule has 0 saturated carbocycles. The van der Waals surface area contributed by atoms with Gasteiger partial charge in [0.2, 0.25) is 0 Å². The van der Waals surface area contributed by atoms with E-state index < -0.39 is 11.8 Å². The highest BCUT2D eigenvalue weighted by Crippen LogP contribution is 2.35. The summed E-state index contributed by atoms with van der Waals surface area (Å²) in [4.78, 5) is 28.2. The van der Waals surface area contributed by atoms with Gasteiger partial charge in [-0.3, -0.25) is 9.59 Å². The summed E-state index contributed by atoms with van der Waals surface area (Å²) in [6.07, 6.45) is 0. The Morgan fingerprint density at radius 2 is 1.42 bits per heavy atom. The normalized spacial score (nSPS) is 14.2. The Hall–Kier alpha value is -3.93. The number of methoxy groups -OCH3 is 1. The van der Waals surface area contributed by atoms with Gasteiger partial charge in [0.25, 0.3) is 11.8 Å². The molecular weight excluding hydrogens is 419 g/mol. The van der Waals surface area contributed by atoms with Gasteiger partial charge >= 0.3 is 0 Å². The molecular formula is C27H25FN2O3. The summed E-state index contributed by atoms with van der Waals surface area (Å²) in [7, 11) is 1.56. The molecule has 0 bridgehead atoms. The van der Waals surface area contributed by atoms with E-state index in [9.17, 15) is 14.0 Å². The zero-order chi connectivity index (χ0) is 23.8. The van der Waals surface area contributed by atoms with E-state index in [0.717, 1.165) is 10.5 Å². The molecule has 0 aliphatic carbocycles. The van der Waals surface area contributed by atoms with Crippen molar-refractivity contribution in [1.82, 2.24) is 0 Å². The van der Waals surface area contributed by atoms with Crippen LogP contribution in [0.15, 0.2) is 78.5 Å². The lowest BCUT2D eigenvalue weighted by atomic mass is 9.87. The maximum absolute atomic E-state index is 13.5. The number of hydrogen-bond acceptors (Lipinski definition) is 4. The van der Waals surface area contributed by atoms with Crippen molar-refractivity contribution in [2.24, 2.45) is 0 Å². The predicted molar refractivity (Wildman–Crippen MR) is 128 cm³/mol. The summed E-state index contributed by atoms with van der Waals surface area (Å²) >= 11 is 0. The maximum atomic E-state index is 13.5. The first-order valence-electron chi connectivity index (χ1n) is 10.6. The van der Waals surface area contributed by atoms with Crippen molar-refractivity contribution in [2.45, 2.75) is 26.2 Å². The number of hydrogen-bond donors (Lipinski definition) is 1. The third kappa shape index (κ3) is 4.37. The lowest BCUT2D eigenvalue weighted by Gasteiger charge is -2.21. The Kier molecular flexibility index (Phi) is 5.77. The Morgan fingerprint density at radius 3 is 1.97 bits per heavy atom. The summed E-state index contributed by atoms with van der Waals surface area (Å²) in [5.41, 5.74) is 2.98. The van der Waals surface area contributed by atoms with E-state index in [-0.39, 0.29) is 22.5 Å². The second kappa shape index (κ2) is 8.54. The van der Waals surface area contributed by atoms with E-state index in [2.05, 4.69) is 26.1 Å². The van der Waals surface area contributed by atoms with Crippen LogP contribution in [0.2, 0.25) is 0 Å². The largest absolute Gasteiger partial charge is 0.497 e. The quantitative estimate of drug-likeness (QED) is 0.526. The van der Waals surface area contributed by atoms with Gasteiger partial charge in [0.1, 0.15) is 17.3 Å². The first-order valence-corrected chi connectivity index (χ1v) is 10.6. The Bertz CT molecular complexity index is 1220. The fourth-order valence-electron chi connectivity index (χ4n) is 3.69. The van der Waals surface area contributed by atoms with Crippen molar-refractivity contribution in [1.29, 1.82) is 0 Å². The number of ether oxygens (including phenoxy) is 1. The molecule has 33 heavy (non-hydrogen) atoms. The molecule has 0 spiro atoms. The van der Waals surface area contributed by atoms with Crippen molar-refractivity contribution < 1.29 is 18.7 Å². The van der Waals surface area contributed by atoms with Crippen LogP contribution in [0.4, 0.5) is 15.8 Å². The first kappa shape index (κ1) is 22.3. The highest BCUT2D eigenvalue weighted by atomic mass is 19.1. The molecule has 0 aromatic heterocycles. The number of rotatable bonds is 5. The SMILES string of the molecule is COc1ccc(C2=C(Nc3ccc(F)cc3)C(=O)N(c3ccc(C(C)(C)C)cc3)C2=O)cc1. The lowest BCUT2D eigenvalue weighted by Crippen LogP contribution is -2.32. The minimum atomic E-state index is -0.473. The number of amides is 2. The van der Waals surface area contributed by atoms with Gasteiger partial charge in [0.15, 0.2) is 0 Å². The lowest BCUT2D eigenvalue weighted by molar-refractivity contribution is -0.120. The van der Waals surface area contributed by atoms with Crippen LogP contribution in [0.1, 0.15) is 31.9 Å². The molecule has 168 valence electrons. The van der Waals surface area contributed by atoms with Crippen molar-refractivity contribution in [3.63, 3.8) is 0 Å². The summed E-state index contributed by atoms with van der Waals surface area (Å²) in [5.74, 6) is -0.657. The van der Waals surface area contributed by atoms with E-state index in [4.69, 9.17) is 4.74 Å². The van der Waals surface area contributed by atoms with Gasteiger partial charge in [-0.15, -0.1) is 0 Å². The van der Waals surface area contributed by atoms with Gasteiger partial charge in [0, 0.05) is 5.69 Å². The average Bonchev–Trinajstić information content (AvgIpc) is 3.04. The van der Waals surface area contributed by atoms with Gasteiger partial charge < -0.3 is 10.1 Å². The van der Waals surface area contributed by atoms with Crippen LogP contribution in [0, 0.1) is 5.82 Å². The number of nitrogens with one attached hydrogen (secondary N) is 1. The molecule has 4 rings (SSSR count). The summed E-state index contributed by atoms with van der Waals surface area (Å²) in [5, 5.41) is 3.03. The van der Waals surface area contributed by atoms with Crippen LogP contribution in [-0.2, 0) is 15.0 Å². The number of imide groups is 1. The van der Waals surface area contributed by atoms with Crippen LogP contribution in [-0.4, -0.2) is 18.9 Å². The first-order chi connectivity index (χ1) is 15.7. The van der Waals surface area contributed by atoms with E-state index in [1.54, 1.807) is 43.5 Å². The standard InChI is InChI=1S/C27H25FN2O3/c1-27(2,3)18-7-13-21(14-8-18)30-25(31)23(17-5-15-22(33-4)16-6-17)24(26(30)32)29-20-11-9-19(28)10-12-20/h5-16,29H,1-4H3. The molecule has 2 amide bonds. The molecule has 1 heterocycles. The Labute approximate surface area is 192 Å². The highest BCUT2D eigenvalue weighted by molar-refractivity contribution is 6.46. The third-order valence-corrected chi connectivity index (χ3v) is 5.57. The van der Waals surface area contributed by atoms with Crippen molar-refractivity contribution in [3.8, 4) is 5.75 Å². The molecule has 1 N–H and O–H groups in total. The molecule has 5 nitrogen and oxygen atoms in total. The highest BCUT2D eigenvalue weighted by Gasteiger charge is 2.40. The molecule has 0 atom stereocenters. The van der Waals surface area contributed by atoms with Crippen LogP contribution < -0.4 is 15.0 Å². The van der Waals surface area contributed by atoms with Gasteiger partial charge in [-0.1, -0.05) is 45.0 Å². The van der Waals surface area contributed by atoms with Gasteiger partial charge in [0.05, 0.1) is 18.4 Å². The zero-order valence-corrected chi connectivity index (χ0v) is 19.0. The third-order valence-electron chi connectivity index (χ3n) is 5.57. The molecule has 6 heteroatoms. The molecule has 3 aromatic rings. The second-order valence-corrected chi connectivity index (χ2v) is 8.85. The average molecular weight is 445 g/mol. The van der Waals surface area contributed by atoms with Crippen LogP contribution >= 0.6 is 0 Å². The number of anilines is 2. The predicted octanol–water partition coefficient (Wildman–Crippen LogP) is 5.53. The number of carbonyl (C=O) groups is 2. The number of benzene rings is 3. The van der Waals surface area contributed by atoms with E-state index in [0.29, 0.717) is 22.7 Å². The van der Waals surface area contributed by atoms with Crippen LogP contribution in [0.5, 0.6) is 5.75 Å². The number of halogens is 1. The Balaban J connectivity index is 1.77. The summed E-state index contributed by atoms with van der Waals surface area (Å²) in [6, 6.07) is 20.0. The van der Waals surface area contributed by atoms with Gasteiger partial charge in [-0.05, 0) is 65.1 Å². The van der Waals surface area contributed by atoms with E-state index in [1.165, 1.54) is 24.3 Å². The molecule has 0 unspecified atom stereocenters. The van der Waals surface area contributed by atoms with E-state index >= 15 is 0 Å². The molecule has 0 fully saturated rings. The summed E-state index contributed by atoms with van der Waals surface area (Å²) in [6.45, 7) is 6.30. The van der Waals surface area contributed by atoms with Gasteiger partial charge in [-0.2, -0.15) is 0 Å². The topological polar surface area (TPSA) is 58.6 Å². The minimum Gasteiger partial charge on any atom is -0.497 e. The Morgan fingerprint density at radius 1 is 0.818 bits per heavy atom. The van der Waals surface area contributed by atoms with E-state index in [1.807, 2.05) is 12.1 Å². The molecule has 3 aromatic carbocycles. The second-order valence-electron chi connectivity index (χ2n) is 8.85. The number of nitrogens with zero attached hydrogens (tertiary/aromatic N) is 1. The fourth-order valence-corrected chi connectivity index (χ4v) is 3.69. The molecule has 1 aliphatic rings. The summed E-state index contributed by atoms with van der Waals surface area (Å²) < 4.78 is 18.6. The monoisotopic (exact) mass is 444 g/mol. The fraction of sp³-hybridized carbons (Fsp3) is 0.185. The van der Waals surface area contributed by atoms with Crippen LogP contribution in [0.25, 0.3) is 5.57 Å². The minimum absolute atomic E-state index is 0.0562. The van der Waals surface area contributed by atoms with Crippen molar-refractivity contribution >= 4 is 28.8 Å². The maximum Gasteiger partial charge on any atom is 0.282 e. The van der Waals surface area contributed by atoms with Gasteiger partial charge in [-0.25, -0.2) is 9.29 Å². The molecule has 0 saturated heterocycles. The van der Waals surface area contributed by atoms with Crippen LogP contribution in [0.3, 0.4) is 0 Å². The van der Waals surface area contributed by atoms with Crippen molar-refractivity contribution in [2.75, 3.05) is 17.3 Å².